The number of hydrogen-bond acceptors (Lipinski definition) is 1. The Hall–Kier alpha value is -0.810. The average molecular weight is 255 g/mol. The predicted octanol–water partition coefficient (Wildman–Crippen LogP) is 2.97. The highest BCUT2D eigenvalue weighted by Gasteiger charge is 2.50. The van der Waals surface area contributed by atoms with Crippen LogP contribution in [0.2, 0.25) is 0 Å². The molecule has 100 valence electrons. The van der Waals surface area contributed by atoms with E-state index in [1.165, 1.54) is 0 Å². The quantitative estimate of drug-likeness (QED) is 0.772. The summed E-state index contributed by atoms with van der Waals surface area (Å²) in [5.74, 6) is -6.47. The van der Waals surface area contributed by atoms with Crippen LogP contribution in [0.1, 0.15) is 39.5 Å². The molecule has 1 N–H and O–H groups in total. The maximum atomic E-state index is 12.8. The van der Waals surface area contributed by atoms with Gasteiger partial charge >= 0.3 is 12.3 Å². The molecule has 0 aromatic rings. The van der Waals surface area contributed by atoms with Crippen LogP contribution in [0.5, 0.6) is 0 Å². The normalized spacial score (nSPS) is 24.8. The second-order valence-electron chi connectivity index (χ2n) is 5.18. The fraction of sp³-hybridized carbons (Fsp3) is 0.909. The van der Waals surface area contributed by atoms with Crippen LogP contribution in [0.3, 0.4) is 0 Å². The second-order valence-corrected chi connectivity index (χ2v) is 5.18. The van der Waals surface area contributed by atoms with Crippen molar-refractivity contribution in [3.05, 3.63) is 0 Å². The molecule has 1 amide bonds. The van der Waals surface area contributed by atoms with E-state index in [-0.39, 0.29) is 5.41 Å². The zero-order valence-corrected chi connectivity index (χ0v) is 9.90. The van der Waals surface area contributed by atoms with E-state index in [0.717, 1.165) is 19.3 Å². The van der Waals surface area contributed by atoms with Crippen molar-refractivity contribution in [2.75, 3.05) is 0 Å². The minimum atomic E-state index is -4.60. The number of alkyl halides is 4. The Balaban J connectivity index is 2.68. The summed E-state index contributed by atoms with van der Waals surface area (Å²) in [5, 5.41) is 2.06. The highest BCUT2D eigenvalue weighted by atomic mass is 19.3. The minimum Gasteiger partial charge on any atom is -0.347 e. The van der Waals surface area contributed by atoms with Crippen LogP contribution in [0.4, 0.5) is 17.6 Å². The van der Waals surface area contributed by atoms with Crippen molar-refractivity contribution in [1.29, 1.82) is 0 Å². The van der Waals surface area contributed by atoms with Crippen molar-refractivity contribution >= 4 is 5.91 Å². The van der Waals surface area contributed by atoms with Gasteiger partial charge in [0, 0.05) is 6.04 Å². The van der Waals surface area contributed by atoms with E-state index in [1.807, 2.05) is 13.8 Å². The molecule has 0 bridgehead atoms. The fourth-order valence-electron chi connectivity index (χ4n) is 2.12. The Labute approximate surface area is 97.8 Å². The molecule has 1 aliphatic rings. The standard InChI is InChI=1S/C11H17F4NO/c1-10(2)6-4-3-5-7(10)16-9(17)11(14,15)8(12)13/h7-8H,3-6H2,1-2H3,(H,16,17). The third kappa shape index (κ3) is 3.10. The van der Waals surface area contributed by atoms with Gasteiger partial charge in [-0.15, -0.1) is 0 Å². The van der Waals surface area contributed by atoms with Gasteiger partial charge in [0.15, 0.2) is 0 Å². The summed E-state index contributed by atoms with van der Waals surface area (Å²) < 4.78 is 49.6. The highest BCUT2D eigenvalue weighted by Crippen LogP contribution is 2.36. The fourth-order valence-corrected chi connectivity index (χ4v) is 2.12. The van der Waals surface area contributed by atoms with E-state index in [0.29, 0.717) is 6.42 Å². The Morgan fingerprint density at radius 2 is 1.94 bits per heavy atom. The lowest BCUT2D eigenvalue weighted by Gasteiger charge is -2.39. The maximum absolute atomic E-state index is 12.8. The molecule has 0 spiro atoms. The third-order valence-corrected chi connectivity index (χ3v) is 3.39. The lowest BCUT2D eigenvalue weighted by molar-refractivity contribution is -0.171. The molecular weight excluding hydrogens is 238 g/mol. The maximum Gasteiger partial charge on any atom is 0.383 e. The number of carbonyl (C=O) groups excluding carboxylic acids is 1. The van der Waals surface area contributed by atoms with Gasteiger partial charge in [-0.2, -0.15) is 8.78 Å². The number of amides is 1. The molecule has 1 saturated carbocycles. The molecule has 17 heavy (non-hydrogen) atoms. The molecule has 1 aliphatic carbocycles. The monoisotopic (exact) mass is 255 g/mol. The minimum absolute atomic E-state index is 0.327. The van der Waals surface area contributed by atoms with E-state index in [2.05, 4.69) is 5.32 Å². The van der Waals surface area contributed by atoms with Crippen LogP contribution in [-0.2, 0) is 4.79 Å². The number of hydrogen-bond donors (Lipinski definition) is 1. The summed E-state index contributed by atoms with van der Waals surface area (Å²) in [4.78, 5) is 11.1. The number of halogens is 4. The smallest absolute Gasteiger partial charge is 0.347 e. The van der Waals surface area contributed by atoms with Gasteiger partial charge in [0.05, 0.1) is 0 Å². The van der Waals surface area contributed by atoms with Crippen LogP contribution < -0.4 is 5.32 Å². The van der Waals surface area contributed by atoms with Crippen molar-refractivity contribution in [3.63, 3.8) is 0 Å². The molecule has 0 aliphatic heterocycles. The SMILES string of the molecule is CC1(C)CCCCC1NC(=O)C(F)(F)C(F)F. The van der Waals surface area contributed by atoms with Crippen LogP contribution in [0, 0.1) is 5.41 Å². The van der Waals surface area contributed by atoms with Crippen LogP contribution >= 0.6 is 0 Å². The molecule has 1 fully saturated rings. The summed E-state index contributed by atoms with van der Waals surface area (Å²) in [6, 6.07) is -0.464. The Morgan fingerprint density at radius 3 is 2.41 bits per heavy atom. The molecule has 0 saturated heterocycles. The van der Waals surface area contributed by atoms with Crippen molar-refractivity contribution in [2.45, 2.75) is 57.9 Å². The van der Waals surface area contributed by atoms with Crippen molar-refractivity contribution in [1.82, 2.24) is 5.32 Å². The Bertz CT molecular complexity index is 291. The summed E-state index contributed by atoms with van der Waals surface area (Å²) in [6.07, 6.45) is -0.843. The van der Waals surface area contributed by atoms with Crippen molar-refractivity contribution in [3.8, 4) is 0 Å². The summed E-state index contributed by atoms with van der Waals surface area (Å²) >= 11 is 0. The summed E-state index contributed by atoms with van der Waals surface area (Å²) in [6.45, 7) is 3.69. The number of rotatable bonds is 3. The zero-order valence-electron chi connectivity index (χ0n) is 9.90. The largest absolute Gasteiger partial charge is 0.383 e. The molecule has 1 rings (SSSR count). The molecular formula is C11H17F4NO. The average Bonchev–Trinajstić information content (AvgIpc) is 2.20. The van der Waals surface area contributed by atoms with Crippen LogP contribution in [-0.4, -0.2) is 24.3 Å². The lowest BCUT2D eigenvalue weighted by atomic mass is 9.73. The molecule has 0 aromatic heterocycles. The van der Waals surface area contributed by atoms with Gasteiger partial charge in [0.2, 0.25) is 0 Å². The predicted molar refractivity (Wildman–Crippen MR) is 55.1 cm³/mol. The molecule has 0 radical (unpaired) electrons. The number of carbonyl (C=O) groups is 1. The second kappa shape index (κ2) is 4.82. The van der Waals surface area contributed by atoms with Crippen LogP contribution in [0.25, 0.3) is 0 Å². The molecule has 1 unspecified atom stereocenters. The van der Waals surface area contributed by atoms with E-state index in [1.54, 1.807) is 0 Å². The van der Waals surface area contributed by atoms with Gasteiger partial charge in [-0.3, -0.25) is 4.79 Å². The van der Waals surface area contributed by atoms with Gasteiger partial charge < -0.3 is 5.32 Å². The van der Waals surface area contributed by atoms with Gasteiger partial charge in [0.1, 0.15) is 0 Å². The van der Waals surface area contributed by atoms with Gasteiger partial charge in [-0.05, 0) is 18.3 Å². The lowest BCUT2D eigenvalue weighted by Crippen LogP contribution is -2.54. The molecule has 0 heterocycles. The molecule has 1 atom stereocenters. The third-order valence-electron chi connectivity index (χ3n) is 3.39. The highest BCUT2D eigenvalue weighted by molar-refractivity contribution is 5.84. The first kappa shape index (κ1) is 14.3. The van der Waals surface area contributed by atoms with Crippen molar-refractivity contribution < 1.29 is 22.4 Å². The Morgan fingerprint density at radius 1 is 1.35 bits per heavy atom. The van der Waals surface area contributed by atoms with Gasteiger partial charge in [-0.1, -0.05) is 26.7 Å². The van der Waals surface area contributed by atoms with E-state index >= 15 is 0 Å². The summed E-state index contributed by atoms with van der Waals surface area (Å²) in [5.41, 5.74) is -0.327. The van der Waals surface area contributed by atoms with E-state index in [9.17, 15) is 22.4 Å². The van der Waals surface area contributed by atoms with Gasteiger partial charge in [0.25, 0.3) is 5.91 Å². The van der Waals surface area contributed by atoms with Gasteiger partial charge in [-0.25, -0.2) is 8.78 Å². The summed E-state index contributed by atoms with van der Waals surface area (Å²) in [7, 11) is 0. The first-order chi connectivity index (χ1) is 7.68. The zero-order chi connectivity index (χ0) is 13.3. The van der Waals surface area contributed by atoms with E-state index < -0.39 is 24.3 Å². The molecule has 6 heteroatoms. The van der Waals surface area contributed by atoms with Crippen molar-refractivity contribution in [2.24, 2.45) is 5.41 Å². The number of nitrogens with one attached hydrogen (secondary N) is 1. The van der Waals surface area contributed by atoms with E-state index in [4.69, 9.17) is 0 Å². The molecule has 2 nitrogen and oxygen atoms in total. The molecule has 0 aromatic carbocycles. The Kier molecular flexibility index (Phi) is 4.04. The first-order valence-electron chi connectivity index (χ1n) is 5.65. The topological polar surface area (TPSA) is 29.1 Å². The first-order valence-corrected chi connectivity index (χ1v) is 5.65. The van der Waals surface area contributed by atoms with Crippen LogP contribution in [0.15, 0.2) is 0 Å².